The molecule has 1 heterocycles. The Labute approximate surface area is 115 Å². The zero-order valence-electron chi connectivity index (χ0n) is 10.8. The molecule has 0 unspecified atom stereocenters. The number of phenols is 1. The van der Waals surface area contributed by atoms with E-state index in [0.717, 1.165) is 5.56 Å². The van der Waals surface area contributed by atoms with Gasteiger partial charge in [0.1, 0.15) is 5.75 Å². The number of Topliss-reactive ketones (excluding diaryl/α,β-unsaturated/α-hetero) is 1. The molecule has 1 aliphatic rings. The number of ether oxygens (including phenoxy) is 2. The van der Waals surface area contributed by atoms with E-state index in [2.05, 4.69) is 0 Å². The Hall–Kier alpha value is -2.75. The number of fused-ring (bicyclic) bond motifs is 1. The fourth-order valence-electron chi connectivity index (χ4n) is 2.07. The van der Waals surface area contributed by atoms with Gasteiger partial charge in [0.2, 0.25) is 5.78 Å². The van der Waals surface area contributed by atoms with Crippen molar-refractivity contribution in [3.8, 4) is 17.2 Å². The van der Waals surface area contributed by atoms with E-state index in [-0.39, 0.29) is 17.3 Å². The van der Waals surface area contributed by atoms with Gasteiger partial charge in [0, 0.05) is 0 Å². The van der Waals surface area contributed by atoms with Crippen LogP contribution in [0.25, 0.3) is 6.08 Å². The Bertz CT molecular complexity index is 699. The van der Waals surface area contributed by atoms with Crippen LogP contribution in [0.1, 0.15) is 15.9 Å². The first-order chi connectivity index (χ1) is 9.69. The number of carbonyl (C=O) groups is 1. The number of para-hydroxylation sites is 1. The molecule has 1 N–H and O–H groups in total. The highest BCUT2D eigenvalue weighted by atomic mass is 16.5. The first-order valence-corrected chi connectivity index (χ1v) is 6.09. The Kier molecular flexibility index (Phi) is 2.91. The maximum Gasteiger partial charge on any atom is 0.232 e. The Balaban J connectivity index is 1.99. The number of aromatic hydroxyl groups is 1. The van der Waals surface area contributed by atoms with Crippen LogP contribution in [-0.4, -0.2) is 18.0 Å². The Morgan fingerprint density at radius 3 is 2.60 bits per heavy atom. The molecule has 0 saturated carbocycles. The molecular weight excluding hydrogens is 256 g/mol. The molecule has 4 heteroatoms. The number of ketones is 1. The van der Waals surface area contributed by atoms with Gasteiger partial charge < -0.3 is 14.6 Å². The number of allylic oxidation sites excluding steroid dienone is 1. The van der Waals surface area contributed by atoms with Gasteiger partial charge in [0.25, 0.3) is 0 Å². The molecule has 0 atom stereocenters. The van der Waals surface area contributed by atoms with E-state index in [1.807, 2.05) is 0 Å². The van der Waals surface area contributed by atoms with Gasteiger partial charge >= 0.3 is 0 Å². The van der Waals surface area contributed by atoms with Crippen LogP contribution in [-0.2, 0) is 0 Å². The molecule has 0 spiro atoms. The number of carbonyl (C=O) groups excluding carboxylic acids is 1. The topological polar surface area (TPSA) is 55.8 Å². The minimum Gasteiger partial charge on any atom is -0.508 e. The third-order valence-electron chi connectivity index (χ3n) is 3.07. The van der Waals surface area contributed by atoms with Crippen molar-refractivity contribution < 1.29 is 19.4 Å². The third-order valence-corrected chi connectivity index (χ3v) is 3.07. The van der Waals surface area contributed by atoms with Crippen LogP contribution < -0.4 is 9.47 Å². The van der Waals surface area contributed by atoms with E-state index in [0.29, 0.717) is 17.1 Å². The first-order valence-electron chi connectivity index (χ1n) is 6.09. The second-order valence-corrected chi connectivity index (χ2v) is 4.37. The van der Waals surface area contributed by atoms with Crippen molar-refractivity contribution in [2.24, 2.45) is 0 Å². The maximum absolute atomic E-state index is 12.2. The van der Waals surface area contributed by atoms with Crippen molar-refractivity contribution in [1.82, 2.24) is 0 Å². The molecule has 0 radical (unpaired) electrons. The highest BCUT2D eigenvalue weighted by Gasteiger charge is 2.29. The molecular formula is C16H12O4. The number of rotatable bonds is 2. The monoisotopic (exact) mass is 268 g/mol. The number of methoxy groups -OCH3 is 1. The smallest absolute Gasteiger partial charge is 0.232 e. The molecule has 0 bridgehead atoms. The zero-order chi connectivity index (χ0) is 14.1. The molecule has 20 heavy (non-hydrogen) atoms. The van der Waals surface area contributed by atoms with E-state index >= 15 is 0 Å². The standard InChI is InChI=1S/C16H12O4/c1-19-13-4-2-3-12-15(18)14(20-16(12)13)9-10-5-7-11(17)8-6-10/h2-9,17H,1H3/b14-9-. The number of benzene rings is 2. The largest absolute Gasteiger partial charge is 0.508 e. The van der Waals surface area contributed by atoms with Gasteiger partial charge in [0.05, 0.1) is 12.7 Å². The summed E-state index contributed by atoms with van der Waals surface area (Å²) in [6.07, 6.45) is 1.64. The quantitative estimate of drug-likeness (QED) is 0.851. The molecule has 0 amide bonds. The summed E-state index contributed by atoms with van der Waals surface area (Å²) in [4.78, 5) is 12.2. The summed E-state index contributed by atoms with van der Waals surface area (Å²) in [5.41, 5.74) is 1.27. The van der Waals surface area contributed by atoms with Crippen LogP contribution in [0.4, 0.5) is 0 Å². The molecule has 3 rings (SSSR count). The molecule has 0 aliphatic carbocycles. The summed E-state index contributed by atoms with van der Waals surface area (Å²) in [7, 11) is 1.53. The summed E-state index contributed by atoms with van der Waals surface area (Å²) < 4.78 is 10.8. The van der Waals surface area contributed by atoms with Crippen LogP contribution in [0.3, 0.4) is 0 Å². The third kappa shape index (κ3) is 2.01. The molecule has 4 nitrogen and oxygen atoms in total. The normalized spacial score (nSPS) is 15.1. The fourth-order valence-corrected chi connectivity index (χ4v) is 2.07. The fraction of sp³-hybridized carbons (Fsp3) is 0.0625. The minimum absolute atomic E-state index is 0.174. The summed E-state index contributed by atoms with van der Waals surface area (Å²) in [6, 6.07) is 11.7. The van der Waals surface area contributed by atoms with E-state index in [9.17, 15) is 9.90 Å². The summed E-state index contributed by atoms with van der Waals surface area (Å²) in [5, 5.41) is 9.24. The lowest BCUT2D eigenvalue weighted by Gasteiger charge is -2.04. The number of hydrogen-bond donors (Lipinski definition) is 1. The second kappa shape index (κ2) is 4.74. The molecule has 100 valence electrons. The van der Waals surface area contributed by atoms with Crippen LogP contribution in [0.5, 0.6) is 17.2 Å². The van der Waals surface area contributed by atoms with Crippen molar-refractivity contribution in [3.05, 3.63) is 59.4 Å². The maximum atomic E-state index is 12.2. The lowest BCUT2D eigenvalue weighted by atomic mass is 10.1. The van der Waals surface area contributed by atoms with E-state index in [1.165, 1.54) is 7.11 Å². The van der Waals surface area contributed by atoms with Crippen LogP contribution in [0, 0.1) is 0 Å². The predicted octanol–water partition coefficient (Wildman–Crippen LogP) is 3.02. The molecule has 0 saturated heterocycles. The minimum atomic E-state index is -0.174. The van der Waals surface area contributed by atoms with Gasteiger partial charge in [-0.2, -0.15) is 0 Å². The van der Waals surface area contributed by atoms with Crippen molar-refractivity contribution in [2.75, 3.05) is 7.11 Å². The van der Waals surface area contributed by atoms with Gasteiger partial charge in [-0.05, 0) is 35.9 Å². The molecule has 0 aromatic heterocycles. The summed E-state index contributed by atoms with van der Waals surface area (Å²) in [5.74, 6) is 1.23. The van der Waals surface area contributed by atoms with Gasteiger partial charge in [-0.3, -0.25) is 4.79 Å². The molecule has 0 fully saturated rings. The van der Waals surface area contributed by atoms with Gasteiger partial charge in [-0.25, -0.2) is 0 Å². The van der Waals surface area contributed by atoms with Gasteiger partial charge in [-0.15, -0.1) is 0 Å². The number of phenolic OH excluding ortho intramolecular Hbond substituents is 1. The number of hydrogen-bond acceptors (Lipinski definition) is 4. The van der Waals surface area contributed by atoms with Gasteiger partial charge in [-0.1, -0.05) is 18.2 Å². The predicted molar refractivity (Wildman–Crippen MR) is 74.0 cm³/mol. The van der Waals surface area contributed by atoms with E-state index in [1.54, 1.807) is 48.5 Å². The molecule has 2 aromatic carbocycles. The van der Waals surface area contributed by atoms with E-state index < -0.39 is 0 Å². The molecule has 1 aliphatic heterocycles. The highest BCUT2D eigenvalue weighted by molar-refractivity contribution is 6.15. The van der Waals surface area contributed by atoms with Crippen LogP contribution >= 0.6 is 0 Å². The lowest BCUT2D eigenvalue weighted by molar-refractivity contribution is 0.101. The van der Waals surface area contributed by atoms with Crippen LogP contribution in [0.15, 0.2) is 48.2 Å². The Morgan fingerprint density at radius 1 is 1.15 bits per heavy atom. The van der Waals surface area contributed by atoms with Gasteiger partial charge in [0.15, 0.2) is 17.3 Å². The average molecular weight is 268 g/mol. The lowest BCUT2D eigenvalue weighted by Crippen LogP contribution is -1.97. The summed E-state index contributed by atoms with van der Waals surface area (Å²) >= 11 is 0. The highest BCUT2D eigenvalue weighted by Crippen LogP contribution is 2.39. The van der Waals surface area contributed by atoms with Crippen molar-refractivity contribution in [3.63, 3.8) is 0 Å². The van der Waals surface area contributed by atoms with Crippen LogP contribution in [0.2, 0.25) is 0 Å². The SMILES string of the molecule is COc1cccc2c1O/C(=C\c1ccc(O)cc1)C2=O. The Morgan fingerprint density at radius 2 is 1.90 bits per heavy atom. The second-order valence-electron chi connectivity index (χ2n) is 4.37. The van der Waals surface area contributed by atoms with Crippen molar-refractivity contribution in [1.29, 1.82) is 0 Å². The molecule has 2 aromatic rings. The zero-order valence-corrected chi connectivity index (χ0v) is 10.8. The summed E-state index contributed by atoms with van der Waals surface area (Å²) in [6.45, 7) is 0. The van der Waals surface area contributed by atoms with E-state index in [4.69, 9.17) is 9.47 Å². The average Bonchev–Trinajstić information content (AvgIpc) is 2.78. The first kappa shape index (κ1) is 12.3. The van der Waals surface area contributed by atoms with Crippen molar-refractivity contribution in [2.45, 2.75) is 0 Å². The van der Waals surface area contributed by atoms with Crippen molar-refractivity contribution >= 4 is 11.9 Å².